The molecule has 1 aliphatic heterocycles. The zero-order chi connectivity index (χ0) is 26.9. The fourth-order valence-corrected chi connectivity index (χ4v) is 5.82. The van der Waals surface area contributed by atoms with Gasteiger partial charge in [0.25, 0.3) is 5.91 Å². The molecule has 0 radical (unpaired) electrons. The summed E-state index contributed by atoms with van der Waals surface area (Å²) in [5.41, 5.74) is 2.82. The number of benzene rings is 2. The summed E-state index contributed by atoms with van der Waals surface area (Å²) < 4.78 is 16.7. The molecule has 0 spiro atoms. The Morgan fingerprint density at radius 2 is 1.79 bits per heavy atom. The molecule has 1 amide bonds. The third kappa shape index (κ3) is 6.79. The minimum absolute atomic E-state index is 0.0184. The summed E-state index contributed by atoms with van der Waals surface area (Å²) in [6.45, 7) is 3.66. The fourth-order valence-electron chi connectivity index (χ4n) is 5.82. The highest BCUT2D eigenvalue weighted by Gasteiger charge is 2.35. The van der Waals surface area contributed by atoms with E-state index in [1.807, 2.05) is 18.2 Å². The largest absolute Gasteiger partial charge is 0.493 e. The van der Waals surface area contributed by atoms with E-state index >= 15 is 0 Å². The molecule has 2 aromatic rings. The molecule has 2 aliphatic rings. The number of ether oxygens (including phenoxy) is 3. The van der Waals surface area contributed by atoms with Gasteiger partial charge in [-0.15, -0.1) is 0 Å². The highest BCUT2D eigenvalue weighted by molar-refractivity contribution is 5.96. The van der Waals surface area contributed by atoms with E-state index in [2.05, 4.69) is 47.5 Å². The van der Waals surface area contributed by atoms with Crippen molar-refractivity contribution in [1.82, 2.24) is 10.2 Å². The molecule has 0 bridgehead atoms. The molecule has 0 saturated carbocycles. The van der Waals surface area contributed by atoms with Crippen molar-refractivity contribution in [2.45, 2.75) is 57.5 Å². The lowest BCUT2D eigenvalue weighted by molar-refractivity contribution is 0.0625. The van der Waals surface area contributed by atoms with Crippen LogP contribution in [0.25, 0.3) is 6.08 Å². The Labute approximate surface area is 227 Å². The molecule has 2 aromatic carbocycles. The van der Waals surface area contributed by atoms with Crippen molar-refractivity contribution in [3.05, 3.63) is 71.3 Å². The molecular weight excluding hydrogens is 476 g/mol. The highest BCUT2D eigenvalue weighted by atomic mass is 16.5. The molecule has 4 rings (SSSR count). The van der Waals surface area contributed by atoms with Crippen LogP contribution in [0.4, 0.5) is 0 Å². The summed E-state index contributed by atoms with van der Waals surface area (Å²) in [4.78, 5) is 16.5. The zero-order valence-electron chi connectivity index (χ0n) is 23.2. The lowest BCUT2D eigenvalue weighted by Crippen LogP contribution is -2.51. The molecule has 6 heteroatoms. The molecule has 3 atom stereocenters. The van der Waals surface area contributed by atoms with Crippen molar-refractivity contribution in [2.75, 3.05) is 34.4 Å². The minimum Gasteiger partial charge on any atom is -0.493 e. The van der Waals surface area contributed by atoms with Crippen molar-refractivity contribution >= 4 is 12.0 Å². The molecule has 1 N–H and O–H groups in total. The van der Waals surface area contributed by atoms with Crippen LogP contribution in [-0.4, -0.2) is 57.3 Å². The Balaban J connectivity index is 1.73. The van der Waals surface area contributed by atoms with Gasteiger partial charge in [-0.2, -0.15) is 0 Å². The van der Waals surface area contributed by atoms with Gasteiger partial charge >= 0.3 is 0 Å². The van der Waals surface area contributed by atoms with E-state index in [9.17, 15) is 4.79 Å². The van der Waals surface area contributed by atoms with Crippen molar-refractivity contribution in [2.24, 2.45) is 5.92 Å². The Morgan fingerprint density at radius 1 is 1.05 bits per heavy atom. The molecule has 38 heavy (non-hydrogen) atoms. The summed E-state index contributed by atoms with van der Waals surface area (Å²) in [6, 6.07) is 14.2. The summed E-state index contributed by atoms with van der Waals surface area (Å²) in [5.74, 6) is 2.01. The summed E-state index contributed by atoms with van der Waals surface area (Å²) >= 11 is 0. The van der Waals surface area contributed by atoms with Gasteiger partial charge in [0.15, 0.2) is 11.5 Å². The van der Waals surface area contributed by atoms with Crippen LogP contribution in [0.1, 0.15) is 61.4 Å². The van der Waals surface area contributed by atoms with Crippen molar-refractivity contribution in [3.63, 3.8) is 0 Å². The van der Waals surface area contributed by atoms with Crippen LogP contribution >= 0.6 is 0 Å². The first-order chi connectivity index (χ1) is 18.5. The first-order valence-electron chi connectivity index (χ1n) is 13.8. The van der Waals surface area contributed by atoms with E-state index in [-0.39, 0.29) is 18.0 Å². The van der Waals surface area contributed by atoms with Crippen LogP contribution in [-0.2, 0) is 0 Å². The third-order valence-electron chi connectivity index (χ3n) is 7.72. The third-order valence-corrected chi connectivity index (χ3v) is 7.72. The van der Waals surface area contributed by atoms with Gasteiger partial charge in [0.1, 0.15) is 0 Å². The molecule has 1 heterocycles. The number of allylic oxidation sites excluding steroid dienone is 2. The van der Waals surface area contributed by atoms with Gasteiger partial charge in [0.05, 0.1) is 21.3 Å². The zero-order valence-corrected chi connectivity index (χ0v) is 23.2. The van der Waals surface area contributed by atoms with Gasteiger partial charge in [-0.1, -0.05) is 54.1 Å². The fraction of sp³-hybridized carbons (Fsp3) is 0.469. The molecule has 1 saturated heterocycles. The molecule has 3 unspecified atom stereocenters. The van der Waals surface area contributed by atoms with Crippen LogP contribution in [0.2, 0.25) is 0 Å². The van der Waals surface area contributed by atoms with Crippen LogP contribution in [0.3, 0.4) is 0 Å². The highest BCUT2D eigenvalue weighted by Crippen LogP contribution is 2.39. The smallest absolute Gasteiger partial charge is 0.254 e. The summed E-state index contributed by atoms with van der Waals surface area (Å²) in [5, 5.41) is 3.72. The van der Waals surface area contributed by atoms with Gasteiger partial charge in [0.2, 0.25) is 5.75 Å². The Kier molecular flexibility index (Phi) is 9.88. The van der Waals surface area contributed by atoms with Crippen LogP contribution in [0.5, 0.6) is 17.2 Å². The van der Waals surface area contributed by atoms with Crippen LogP contribution in [0, 0.1) is 5.92 Å². The number of nitrogens with zero attached hydrogens (tertiary/aromatic N) is 1. The van der Waals surface area contributed by atoms with Gasteiger partial charge in [-0.25, -0.2) is 0 Å². The number of hydrogen-bond acceptors (Lipinski definition) is 5. The predicted molar refractivity (Wildman–Crippen MR) is 153 cm³/mol. The number of amides is 1. The van der Waals surface area contributed by atoms with E-state index in [0.717, 1.165) is 49.8 Å². The number of hydrogen-bond donors (Lipinski definition) is 1. The van der Waals surface area contributed by atoms with Gasteiger partial charge in [0, 0.05) is 24.2 Å². The SMILES string of the molecule is COc1cc(C(=O)N(CC(C)=Cc2ccccc2)C(CC2CC=CCC2)C2CCCN2)cc(OC)c1OC. The van der Waals surface area contributed by atoms with E-state index in [1.165, 1.54) is 6.42 Å². The second-order valence-corrected chi connectivity index (χ2v) is 10.4. The van der Waals surface area contributed by atoms with Crippen molar-refractivity contribution in [1.29, 1.82) is 0 Å². The summed E-state index contributed by atoms with van der Waals surface area (Å²) in [6.07, 6.45) is 13.3. The average Bonchev–Trinajstić information content (AvgIpc) is 3.49. The van der Waals surface area contributed by atoms with Gasteiger partial charge in [-0.05, 0) is 75.6 Å². The van der Waals surface area contributed by atoms with Crippen molar-refractivity contribution in [3.8, 4) is 17.2 Å². The van der Waals surface area contributed by atoms with Gasteiger partial charge in [-0.3, -0.25) is 4.79 Å². The molecule has 204 valence electrons. The normalized spacial score (nSPS) is 20.2. The molecule has 1 fully saturated rings. The Bertz CT molecular complexity index is 1100. The number of carbonyl (C=O) groups is 1. The lowest BCUT2D eigenvalue weighted by atomic mass is 9.85. The van der Waals surface area contributed by atoms with Gasteiger partial charge < -0.3 is 24.4 Å². The first-order valence-corrected chi connectivity index (χ1v) is 13.8. The number of methoxy groups -OCH3 is 3. The quantitative estimate of drug-likeness (QED) is 0.363. The molecule has 6 nitrogen and oxygen atoms in total. The van der Waals surface area contributed by atoms with E-state index < -0.39 is 0 Å². The Hall–Kier alpha value is -3.25. The van der Waals surface area contributed by atoms with Crippen LogP contribution < -0.4 is 19.5 Å². The molecule has 1 aliphatic carbocycles. The number of carbonyl (C=O) groups excluding carboxylic acids is 1. The second kappa shape index (κ2) is 13.5. The van der Waals surface area contributed by atoms with E-state index in [0.29, 0.717) is 35.3 Å². The number of nitrogens with one attached hydrogen (secondary N) is 1. The topological polar surface area (TPSA) is 60.0 Å². The maximum absolute atomic E-state index is 14.4. The first kappa shape index (κ1) is 27.8. The lowest BCUT2D eigenvalue weighted by Gasteiger charge is -2.39. The average molecular weight is 519 g/mol. The molecular formula is C32H42N2O4. The maximum Gasteiger partial charge on any atom is 0.254 e. The minimum atomic E-state index is -0.0184. The van der Waals surface area contributed by atoms with E-state index in [4.69, 9.17) is 14.2 Å². The Morgan fingerprint density at radius 3 is 2.37 bits per heavy atom. The molecule has 0 aromatic heterocycles. The van der Waals surface area contributed by atoms with E-state index in [1.54, 1.807) is 33.5 Å². The van der Waals surface area contributed by atoms with Crippen LogP contribution in [0.15, 0.2) is 60.2 Å². The number of rotatable bonds is 11. The summed E-state index contributed by atoms with van der Waals surface area (Å²) in [7, 11) is 4.74. The van der Waals surface area contributed by atoms with Crippen molar-refractivity contribution < 1.29 is 19.0 Å². The standard InChI is InChI=1S/C32H42N2O4/c1-23(18-24-12-7-5-8-13-24)22-34(28(27-16-11-17-33-27)19-25-14-9-6-10-15-25)32(35)26-20-29(36-2)31(38-4)30(21-26)37-3/h5-9,12-13,18,20-21,25,27-28,33H,10-11,14-17,19,22H2,1-4H3. The maximum atomic E-state index is 14.4. The predicted octanol–water partition coefficient (Wildman–Crippen LogP) is 6.13. The second-order valence-electron chi connectivity index (χ2n) is 10.4. The monoisotopic (exact) mass is 518 g/mol.